The first kappa shape index (κ1) is 13.3. The van der Waals surface area contributed by atoms with Crippen LogP contribution < -0.4 is 0 Å². The molecule has 0 fully saturated rings. The SMILES string of the molecule is COC(=O)Cc1c(C)nn(-c2ccc(C)cc2)c1C. The van der Waals surface area contributed by atoms with Gasteiger partial charge in [-0.3, -0.25) is 4.79 Å². The first-order valence-corrected chi connectivity index (χ1v) is 6.22. The molecule has 0 saturated heterocycles. The Hall–Kier alpha value is -2.10. The summed E-state index contributed by atoms with van der Waals surface area (Å²) in [6.07, 6.45) is 0.264. The van der Waals surface area contributed by atoms with E-state index < -0.39 is 0 Å². The third-order valence-corrected chi connectivity index (χ3v) is 3.27. The van der Waals surface area contributed by atoms with E-state index in [1.165, 1.54) is 12.7 Å². The van der Waals surface area contributed by atoms with E-state index in [0.29, 0.717) is 0 Å². The zero-order valence-electron chi connectivity index (χ0n) is 11.7. The van der Waals surface area contributed by atoms with Crippen LogP contribution in [0.15, 0.2) is 24.3 Å². The number of methoxy groups -OCH3 is 1. The highest BCUT2D eigenvalue weighted by Crippen LogP contribution is 2.19. The Labute approximate surface area is 113 Å². The minimum atomic E-state index is -0.241. The van der Waals surface area contributed by atoms with Crippen LogP contribution in [0.3, 0.4) is 0 Å². The Morgan fingerprint density at radius 3 is 2.42 bits per heavy atom. The van der Waals surface area contributed by atoms with Crippen molar-refractivity contribution >= 4 is 5.97 Å². The third-order valence-electron chi connectivity index (χ3n) is 3.27. The maximum Gasteiger partial charge on any atom is 0.310 e. The van der Waals surface area contributed by atoms with Crippen molar-refractivity contribution in [1.29, 1.82) is 0 Å². The lowest BCUT2D eigenvalue weighted by atomic mass is 10.1. The molecule has 0 N–H and O–H groups in total. The van der Waals surface area contributed by atoms with Crippen molar-refractivity contribution in [3.63, 3.8) is 0 Å². The van der Waals surface area contributed by atoms with E-state index in [-0.39, 0.29) is 12.4 Å². The van der Waals surface area contributed by atoms with Gasteiger partial charge in [-0.15, -0.1) is 0 Å². The van der Waals surface area contributed by atoms with Gasteiger partial charge < -0.3 is 4.74 Å². The molecular weight excluding hydrogens is 240 g/mol. The molecule has 0 bridgehead atoms. The smallest absolute Gasteiger partial charge is 0.310 e. The molecule has 0 aliphatic carbocycles. The summed E-state index contributed by atoms with van der Waals surface area (Å²) in [5.41, 5.74) is 4.99. The molecule has 0 unspecified atom stereocenters. The summed E-state index contributed by atoms with van der Waals surface area (Å²) in [4.78, 5) is 11.4. The molecule has 1 heterocycles. The van der Waals surface area contributed by atoms with Crippen LogP contribution in [-0.4, -0.2) is 22.9 Å². The van der Waals surface area contributed by atoms with Gasteiger partial charge in [-0.25, -0.2) is 4.68 Å². The highest BCUT2D eigenvalue weighted by Gasteiger charge is 2.15. The van der Waals surface area contributed by atoms with Gasteiger partial charge in [-0.05, 0) is 32.9 Å². The van der Waals surface area contributed by atoms with Gasteiger partial charge in [0, 0.05) is 11.3 Å². The maximum absolute atomic E-state index is 11.4. The van der Waals surface area contributed by atoms with Crippen LogP contribution in [0.5, 0.6) is 0 Å². The fraction of sp³-hybridized carbons (Fsp3) is 0.333. The Kier molecular flexibility index (Phi) is 3.69. The molecule has 0 aliphatic rings. The lowest BCUT2D eigenvalue weighted by Crippen LogP contribution is -2.06. The maximum atomic E-state index is 11.4. The van der Waals surface area contributed by atoms with E-state index >= 15 is 0 Å². The lowest BCUT2D eigenvalue weighted by molar-refractivity contribution is -0.139. The second-order valence-electron chi connectivity index (χ2n) is 4.65. The van der Waals surface area contributed by atoms with E-state index in [2.05, 4.69) is 5.10 Å². The third kappa shape index (κ3) is 2.67. The number of benzene rings is 1. The van der Waals surface area contributed by atoms with Crippen molar-refractivity contribution in [3.8, 4) is 5.69 Å². The van der Waals surface area contributed by atoms with Gasteiger partial charge in [0.1, 0.15) is 0 Å². The number of carbonyl (C=O) groups is 1. The number of nitrogens with zero attached hydrogens (tertiary/aromatic N) is 2. The highest BCUT2D eigenvalue weighted by molar-refractivity contribution is 5.73. The van der Waals surface area contributed by atoms with Crippen LogP contribution in [0.1, 0.15) is 22.5 Å². The standard InChI is InChI=1S/C15H18N2O2/c1-10-5-7-13(8-6-10)17-12(3)14(11(2)16-17)9-15(18)19-4/h5-8H,9H2,1-4H3. The minimum Gasteiger partial charge on any atom is -0.469 e. The Bertz CT molecular complexity index is 597. The molecule has 0 spiro atoms. The number of carbonyl (C=O) groups excluding carboxylic acids is 1. The molecule has 0 atom stereocenters. The quantitative estimate of drug-likeness (QED) is 0.795. The molecule has 0 amide bonds. The molecule has 2 rings (SSSR count). The van der Waals surface area contributed by atoms with Crippen molar-refractivity contribution in [2.75, 3.05) is 7.11 Å². The van der Waals surface area contributed by atoms with Gasteiger partial charge in [-0.2, -0.15) is 5.10 Å². The zero-order valence-corrected chi connectivity index (χ0v) is 11.7. The van der Waals surface area contributed by atoms with Gasteiger partial charge >= 0.3 is 5.97 Å². The number of esters is 1. The van der Waals surface area contributed by atoms with Crippen LogP contribution in [0.4, 0.5) is 0 Å². The predicted molar refractivity (Wildman–Crippen MR) is 73.5 cm³/mol. The van der Waals surface area contributed by atoms with Gasteiger partial charge in [0.15, 0.2) is 0 Å². The molecular formula is C15H18N2O2. The molecule has 4 nitrogen and oxygen atoms in total. The van der Waals surface area contributed by atoms with Crippen LogP contribution >= 0.6 is 0 Å². The van der Waals surface area contributed by atoms with Crippen molar-refractivity contribution in [2.45, 2.75) is 27.2 Å². The van der Waals surface area contributed by atoms with E-state index in [9.17, 15) is 4.79 Å². The molecule has 0 radical (unpaired) electrons. The predicted octanol–water partition coefficient (Wildman–Crippen LogP) is 2.51. The van der Waals surface area contributed by atoms with Crippen LogP contribution in [0.2, 0.25) is 0 Å². The van der Waals surface area contributed by atoms with Crippen molar-refractivity contribution in [2.24, 2.45) is 0 Å². The number of ether oxygens (including phenoxy) is 1. The number of rotatable bonds is 3. The summed E-state index contributed by atoms with van der Waals surface area (Å²) in [6, 6.07) is 8.14. The van der Waals surface area contributed by atoms with E-state index in [4.69, 9.17) is 4.74 Å². The van der Waals surface area contributed by atoms with Crippen molar-refractivity contribution < 1.29 is 9.53 Å². The van der Waals surface area contributed by atoms with Gasteiger partial charge in [0.05, 0.1) is 24.9 Å². The van der Waals surface area contributed by atoms with E-state index in [0.717, 1.165) is 22.6 Å². The average molecular weight is 258 g/mol. The minimum absolute atomic E-state index is 0.241. The molecule has 19 heavy (non-hydrogen) atoms. The molecule has 1 aromatic carbocycles. The zero-order chi connectivity index (χ0) is 14.0. The lowest BCUT2D eigenvalue weighted by Gasteiger charge is -2.05. The summed E-state index contributed by atoms with van der Waals surface area (Å²) in [5.74, 6) is -0.241. The molecule has 0 saturated carbocycles. The highest BCUT2D eigenvalue weighted by atomic mass is 16.5. The fourth-order valence-electron chi connectivity index (χ4n) is 2.08. The number of aryl methyl sites for hydroxylation is 2. The first-order valence-electron chi connectivity index (χ1n) is 6.22. The van der Waals surface area contributed by atoms with Crippen molar-refractivity contribution in [1.82, 2.24) is 9.78 Å². The van der Waals surface area contributed by atoms with Crippen LogP contribution in [0, 0.1) is 20.8 Å². The van der Waals surface area contributed by atoms with Gasteiger partial charge in [0.25, 0.3) is 0 Å². The fourth-order valence-corrected chi connectivity index (χ4v) is 2.08. The Morgan fingerprint density at radius 1 is 1.21 bits per heavy atom. The Balaban J connectivity index is 2.40. The number of hydrogen-bond donors (Lipinski definition) is 0. The van der Waals surface area contributed by atoms with Crippen LogP contribution in [-0.2, 0) is 16.0 Å². The van der Waals surface area contributed by atoms with Gasteiger partial charge in [-0.1, -0.05) is 17.7 Å². The molecule has 1 aromatic heterocycles. The summed E-state index contributed by atoms with van der Waals surface area (Å²) in [6.45, 7) is 5.93. The largest absolute Gasteiger partial charge is 0.469 e. The normalized spacial score (nSPS) is 10.5. The molecule has 0 aliphatic heterocycles. The average Bonchev–Trinajstić information content (AvgIpc) is 2.67. The second kappa shape index (κ2) is 5.26. The summed E-state index contributed by atoms with van der Waals surface area (Å²) in [5, 5.41) is 4.51. The van der Waals surface area contributed by atoms with Crippen LogP contribution in [0.25, 0.3) is 5.69 Å². The van der Waals surface area contributed by atoms with Crippen molar-refractivity contribution in [3.05, 3.63) is 46.8 Å². The molecule has 100 valence electrons. The monoisotopic (exact) mass is 258 g/mol. The Morgan fingerprint density at radius 2 is 1.84 bits per heavy atom. The number of aromatic nitrogens is 2. The summed E-state index contributed by atoms with van der Waals surface area (Å²) >= 11 is 0. The van der Waals surface area contributed by atoms with Gasteiger partial charge in [0.2, 0.25) is 0 Å². The topological polar surface area (TPSA) is 44.1 Å². The second-order valence-corrected chi connectivity index (χ2v) is 4.65. The summed E-state index contributed by atoms with van der Waals surface area (Å²) < 4.78 is 6.59. The molecule has 4 heteroatoms. The summed E-state index contributed by atoms with van der Waals surface area (Å²) in [7, 11) is 1.40. The van der Waals surface area contributed by atoms with E-state index in [1.54, 1.807) is 0 Å². The molecule has 2 aromatic rings. The van der Waals surface area contributed by atoms with E-state index in [1.807, 2.05) is 49.7 Å². The first-order chi connectivity index (χ1) is 9.02. The number of hydrogen-bond acceptors (Lipinski definition) is 3.